The lowest BCUT2D eigenvalue weighted by Crippen LogP contribution is -2.46. The monoisotopic (exact) mass is 271 g/mol. The highest BCUT2D eigenvalue weighted by molar-refractivity contribution is 5.94. The normalized spacial score (nSPS) is 23.5. The highest BCUT2D eigenvalue weighted by atomic mass is 19.2. The van der Waals surface area contributed by atoms with Crippen LogP contribution in [-0.4, -0.2) is 36.4 Å². The molecule has 1 fully saturated rings. The highest BCUT2D eigenvalue weighted by Crippen LogP contribution is 2.29. The lowest BCUT2D eigenvalue weighted by atomic mass is 10.1. The molecule has 4 nitrogen and oxygen atoms in total. The minimum atomic E-state index is -1.28. The van der Waals surface area contributed by atoms with Crippen LogP contribution in [0.4, 0.5) is 14.5 Å². The molecule has 1 saturated heterocycles. The quantitative estimate of drug-likeness (QED) is 0.896. The summed E-state index contributed by atoms with van der Waals surface area (Å²) in [6.45, 7) is 4.26. The van der Waals surface area contributed by atoms with Crippen molar-refractivity contribution in [2.75, 3.05) is 18.0 Å². The molecule has 1 aliphatic heterocycles. The van der Waals surface area contributed by atoms with E-state index in [4.69, 9.17) is 9.84 Å². The molecule has 0 spiro atoms. The Bertz CT molecular complexity index is 497. The largest absolute Gasteiger partial charge is 0.478 e. The zero-order chi connectivity index (χ0) is 14.2. The number of ether oxygens (including phenoxy) is 1. The van der Waals surface area contributed by atoms with Gasteiger partial charge in [0.2, 0.25) is 0 Å². The number of anilines is 1. The molecule has 0 aliphatic carbocycles. The van der Waals surface area contributed by atoms with Gasteiger partial charge >= 0.3 is 5.97 Å². The second kappa shape index (κ2) is 5.13. The number of nitrogens with zero attached hydrogens (tertiary/aromatic N) is 1. The van der Waals surface area contributed by atoms with Gasteiger partial charge in [0.15, 0.2) is 11.6 Å². The van der Waals surface area contributed by atoms with Gasteiger partial charge in [-0.05, 0) is 26.0 Å². The van der Waals surface area contributed by atoms with Crippen LogP contribution in [0.25, 0.3) is 0 Å². The third-order valence-corrected chi connectivity index (χ3v) is 3.04. The summed E-state index contributed by atoms with van der Waals surface area (Å²) in [6.07, 6.45) is -0.346. The van der Waals surface area contributed by atoms with E-state index >= 15 is 0 Å². The average molecular weight is 271 g/mol. The molecule has 2 rings (SSSR count). The molecule has 2 atom stereocenters. The van der Waals surface area contributed by atoms with Gasteiger partial charge < -0.3 is 14.7 Å². The molecule has 6 heteroatoms. The van der Waals surface area contributed by atoms with Crippen LogP contribution < -0.4 is 4.90 Å². The molecule has 0 saturated carbocycles. The van der Waals surface area contributed by atoms with Gasteiger partial charge in [0.1, 0.15) is 0 Å². The molecular weight excluding hydrogens is 256 g/mol. The molecule has 1 heterocycles. The summed E-state index contributed by atoms with van der Waals surface area (Å²) in [7, 11) is 0. The summed E-state index contributed by atoms with van der Waals surface area (Å²) in [6, 6.07) is 1.91. The van der Waals surface area contributed by atoms with Crippen LogP contribution in [0.2, 0.25) is 0 Å². The number of halogens is 2. The second-order valence-corrected chi connectivity index (χ2v) is 4.72. The van der Waals surface area contributed by atoms with E-state index < -0.39 is 17.6 Å². The Morgan fingerprint density at radius 1 is 1.32 bits per heavy atom. The molecule has 0 radical (unpaired) electrons. The smallest absolute Gasteiger partial charge is 0.337 e. The van der Waals surface area contributed by atoms with Gasteiger partial charge in [0.25, 0.3) is 0 Å². The summed E-state index contributed by atoms with van der Waals surface area (Å²) in [4.78, 5) is 12.7. The Hall–Kier alpha value is -1.69. The Balaban J connectivity index is 2.47. The number of carboxylic acid groups (broad SMARTS) is 1. The van der Waals surface area contributed by atoms with E-state index in [2.05, 4.69) is 0 Å². The lowest BCUT2D eigenvalue weighted by molar-refractivity contribution is -0.00553. The fourth-order valence-electron chi connectivity index (χ4n) is 2.38. The Labute approximate surface area is 109 Å². The first-order chi connectivity index (χ1) is 8.90. The van der Waals surface area contributed by atoms with Crippen molar-refractivity contribution in [2.45, 2.75) is 26.1 Å². The minimum absolute atomic E-state index is 0.173. The van der Waals surface area contributed by atoms with Crippen LogP contribution in [0, 0.1) is 11.6 Å². The van der Waals surface area contributed by atoms with Crippen molar-refractivity contribution in [1.29, 1.82) is 0 Å². The van der Waals surface area contributed by atoms with Crippen LogP contribution in [0.5, 0.6) is 0 Å². The Morgan fingerprint density at radius 3 is 2.42 bits per heavy atom. The summed E-state index contributed by atoms with van der Waals surface area (Å²) < 4.78 is 32.8. The molecule has 0 amide bonds. The van der Waals surface area contributed by atoms with Gasteiger partial charge in [-0.25, -0.2) is 13.6 Å². The van der Waals surface area contributed by atoms with E-state index in [1.54, 1.807) is 13.8 Å². The number of carboxylic acids is 1. The topological polar surface area (TPSA) is 49.8 Å². The average Bonchev–Trinajstić information content (AvgIpc) is 2.30. The standard InChI is InChI=1S/C13H15F2NO3/c1-7-5-16(6-8(2)19-7)12-9(13(17)18)3-4-10(14)11(12)15/h3-4,7-8H,5-6H2,1-2H3,(H,17,18). The predicted molar refractivity (Wildman–Crippen MR) is 65.5 cm³/mol. The fraction of sp³-hybridized carbons (Fsp3) is 0.462. The van der Waals surface area contributed by atoms with Crippen molar-refractivity contribution in [3.63, 3.8) is 0 Å². The number of carbonyl (C=O) groups is 1. The van der Waals surface area contributed by atoms with Crippen molar-refractivity contribution >= 4 is 11.7 Å². The lowest BCUT2D eigenvalue weighted by Gasteiger charge is -2.37. The van der Waals surface area contributed by atoms with E-state index in [0.29, 0.717) is 13.1 Å². The molecule has 0 aromatic heterocycles. The van der Waals surface area contributed by atoms with Gasteiger partial charge in [-0.2, -0.15) is 0 Å². The first kappa shape index (κ1) is 13.7. The van der Waals surface area contributed by atoms with Gasteiger partial charge in [-0.1, -0.05) is 0 Å². The predicted octanol–water partition coefficient (Wildman–Crippen LogP) is 2.28. The first-order valence-corrected chi connectivity index (χ1v) is 6.02. The maximum atomic E-state index is 13.9. The number of aromatic carboxylic acids is 1. The van der Waals surface area contributed by atoms with Crippen LogP contribution in [0.3, 0.4) is 0 Å². The first-order valence-electron chi connectivity index (χ1n) is 6.02. The van der Waals surface area contributed by atoms with E-state index in [-0.39, 0.29) is 23.5 Å². The van der Waals surface area contributed by atoms with Gasteiger partial charge in [0, 0.05) is 13.1 Å². The number of hydrogen-bond donors (Lipinski definition) is 1. The third kappa shape index (κ3) is 2.68. The number of rotatable bonds is 2. The molecule has 1 N–H and O–H groups in total. The number of hydrogen-bond acceptors (Lipinski definition) is 3. The van der Waals surface area contributed by atoms with Crippen LogP contribution in [0.1, 0.15) is 24.2 Å². The molecule has 0 bridgehead atoms. The maximum Gasteiger partial charge on any atom is 0.337 e. The Kier molecular flexibility index (Phi) is 3.71. The molecule has 1 aromatic rings. The van der Waals surface area contributed by atoms with Crippen molar-refractivity contribution in [3.05, 3.63) is 29.3 Å². The molecule has 104 valence electrons. The summed E-state index contributed by atoms with van der Waals surface area (Å²) in [5, 5.41) is 9.10. The fourth-order valence-corrected chi connectivity index (χ4v) is 2.38. The van der Waals surface area contributed by atoms with E-state index in [1.807, 2.05) is 0 Å². The number of benzene rings is 1. The summed E-state index contributed by atoms with van der Waals surface area (Å²) >= 11 is 0. The van der Waals surface area contributed by atoms with E-state index in [1.165, 1.54) is 4.90 Å². The van der Waals surface area contributed by atoms with Gasteiger partial charge in [0.05, 0.1) is 23.5 Å². The molecule has 19 heavy (non-hydrogen) atoms. The summed E-state index contributed by atoms with van der Waals surface area (Å²) in [5.41, 5.74) is -0.435. The zero-order valence-electron chi connectivity index (χ0n) is 10.7. The maximum absolute atomic E-state index is 13.9. The molecule has 2 unspecified atom stereocenters. The zero-order valence-corrected chi connectivity index (χ0v) is 10.7. The van der Waals surface area contributed by atoms with Crippen molar-refractivity contribution in [3.8, 4) is 0 Å². The van der Waals surface area contributed by atoms with Crippen LogP contribution in [-0.2, 0) is 4.74 Å². The Morgan fingerprint density at radius 2 is 1.89 bits per heavy atom. The molecule has 1 aromatic carbocycles. The van der Waals surface area contributed by atoms with E-state index in [9.17, 15) is 13.6 Å². The summed E-state index contributed by atoms with van der Waals surface area (Å²) in [5.74, 6) is -3.45. The van der Waals surface area contributed by atoms with Gasteiger partial charge in [-0.3, -0.25) is 0 Å². The van der Waals surface area contributed by atoms with Gasteiger partial charge in [-0.15, -0.1) is 0 Å². The molecule has 1 aliphatic rings. The van der Waals surface area contributed by atoms with Crippen molar-refractivity contribution in [2.24, 2.45) is 0 Å². The molecular formula is C13H15F2NO3. The van der Waals surface area contributed by atoms with Crippen molar-refractivity contribution < 1.29 is 23.4 Å². The van der Waals surface area contributed by atoms with Crippen LogP contribution in [0.15, 0.2) is 12.1 Å². The SMILES string of the molecule is CC1CN(c2c(C(=O)O)ccc(F)c2F)CC(C)O1. The minimum Gasteiger partial charge on any atom is -0.478 e. The second-order valence-electron chi connectivity index (χ2n) is 4.72. The number of morpholine rings is 1. The van der Waals surface area contributed by atoms with Crippen LogP contribution >= 0.6 is 0 Å². The third-order valence-electron chi connectivity index (χ3n) is 3.04. The van der Waals surface area contributed by atoms with Crippen molar-refractivity contribution in [1.82, 2.24) is 0 Å². The van der Waals surface area contributed by atoms with E-state index in [0.717, 1.165) is 12.1 Å². The highest BCUT2D eigenvalue weighted by Gasteiger charge is 2.29.